The van der Waals surface area contributed by atoms with Crippen LogP contribution in [0.25, 0.3) is 0 Å². The Morgan fingerprint density at radius 1 is 1.33 bits per heavy atom. The molecule has 4 N–H and O–H groups in total. The van der Waals surface area contributed by atoms with E-state index in [9.17, 15) is 9.90 Å². The molecule has 1 saturated carbocycles. The first-order valence-corrected chi connectivity index (χ1v) is 10.7. The molecule has 1 rings (SSSR count). The Kier molecular flexibility index (Phi) is 10.8. The number of carbonyl (C=O) groups excluding carboxylic acids is 1. The normalized spacial score (nSPS) is 19.8. The molecule has 0 aromatic rings. The molecule has 1 aliphatic carbocycles. The topological polar surface area (TPSA) is 84.6 Å². The van der Waals surface area contributed by atoms with Crippen molar-refractivity contribution in [1.82, 2.24) is 5.32 Å². The summed E-state index contributed by atoms with van der Waals surface area (Å²) in [6.45, 7) is 4.47. The standard InChI is InChI=1S/C18H36N2O3S/c1-13(2)16(20-18(22)23-9-10-24-3)12-17(21)15(19)11-14-7-5-4-6-8-14/h13-17,21H,4-12,19H2,1-3H3,(H,20,22). The van der Waals surface area contributed by atoms with Crippen molar-refractivity contribution in [3.05, 3.63) is 0 Å². The van der Waals surface area contributed by atoms with E-state index in [2.05, 4.69) is 5.32 Å². The molecule has 0 radical (unpaired) electrons. The van der Waals surface area contributed by atoms with E-state index < -0.39 is 12.2 Å². The molecule has 3 unspecified atom stereocenters. The highest BCUT2D eigenvalue weighted by Gasteiger charge is 2.26. The van der Waals surface area contributed by atoms with Crippen LogP contribution in [0.2, 0.25) is 0 Å². The van der Waals surface area contributed by atoms with Gasteiger partial charge in [-0.1, -0.05) is 46.0 Å². The van der Waals surface area contributed by atoms with Crippen LogP contribution >= 0.6 is 11.8 Å². The molecule has 1 amide bonds. The fourth-order valence-electron chi connectivity index (χ4n) is 3.31. The number of alkyl carbamates (subject to hydrolysis) is 1. The summed E-state index contributed by atoms with van der Waals surface area (Å²) in [5, 5.41) is 13.4. The summed E-state index contributed by atoms with van der Waals surface area (Å²) in [7, 11) is 0. The molecule has 0 aliphatic heterocycles. The molecule has 5 nitrogen and oxygen atoms in total. The van der Waals surface area contributed by atoms with E-state index in [1.54, 1.807) is 11.8 Å². The smallest absolute Gasteiger partial charge is 0.407 e. The van der Waals surface area contributed by atoms with Crippen molar-refractivity contribution in [3.8, 4) is 0 Å². The van der Waals surface area contributed by atoms with Crippen molar-refractivity contribution in [1.29, 1.82) is 0 Å². The molecule has 3 atom stereocenters. The zero-order valence-corrected chi connectivity index (χ0v) is 16.3. The minimum absolute atomic E-state index is 0.126. The van der Waals surface area contributed by atoms with Gasteiger partial charge in [0, 0.05) is 17.8 Å². The predicted octanol–water partition coefficient (Wildman–Crippen LogP) is 3.15. The third-order valence-electron chi connectivity index (χ3n) is 4.95. The quantitative estimate of drug-likeness (QED) is 0.521. The number of carbonyl (C=O) groups is 1. The van der Waals surface area contributed by atoms with Gasteiger partial charge >= 0.3 is 6.09 Å². The molecule has 142 valence electrons. The Morgan fingerprint density at radius 2 is 2.00 bits per heavy atom. The lowest BCUT2D eigenvalue weighted by molar-refractivity contribution is 0.0944. The van der Waals surface area contributed by atoms with E-state index in [0.29, 0.717) is 18.9 Å². The lowest BCUT2D eigenvalue weighted by Crippen LogP contribution is -2.46. The van der Waals surface area contributed by atoms with E-state index in [1.807, 2.05) is 20.1 Å². The SMILES string of the molecule is CSCCOC(=O)NC(CC(O)C(N)CC1CCCCC1)C(C)C. The minimum atomic E-state index is -0.592. The number of aliphatic hydroxyl groups excluding tert-OH is 1. The molecule has 1 aliphatic rings. The van der Waals surface area contributed by atoms with Gasteiger partial charge in [0.25, 0.3) is 0 Å². The molecule has 6 heteroatoms. The summed E-state index contributed by atoms with van der Waals surface area (Å²) in [6.07, 6.45) is 8.68. The van der Waals surface area contributed by atoms with Crippen LogP contribution in [0, 0.1) is 11.8 Å². The largest absolute Gasteiger partial charge is 0.449 e. The number of hydrogen-bond donors (Lipinski definition) is 3. The molecule has 0 spiro atoms. The van der Waals surface area contributed by atoms with Gasteiger partial charge in [-0.15, -0.1) is 0 Å². The average Bonchev–Trinajstić information content (AvgIpc) is 2.55. The first kappa shape index (κ1) is 21.6. The predicted molar refractivity (Wildman–Crippen MR) is 101 cm³/mol. The van der Waals surface area contributed by atoms with Gasteiger partial charge in [0.05, 0.1) is 6.10 Å². The van der Waals surface area contributed by atoms with E-state index in [4.69, 9.17) is 10.5 Å². The Labute approximate surface area is 151 Å². The highest BCUT2D eigenvalue weighted by molar-refractivity contribution is 7.98. The van der Waals surface area contributed by atoms with Gasteiger partial charge in [0.1, 0.15) is 6.61 Å². The fourth-order valence-corrected chi connectivity index (χ4v) is 3.56. The van der Waals surface area contributed by atoms with Gasteiger partial charge in [-0.05, 0) is 30.9 Å². The van der Waals surface area contributed by atoms with Crippen molar-refractivity contribution in [2.24, 2.45) is 17.6 Å². The summed E-state index contributed by atoms with van der Waals surface area (Å²) >= 11 is 1.64. The maximum atomic E-state index is 11.8. The van der Waals surface area contributed by atoms with Crippen LogP contribution in [0.3, 0.4) is 0 Å². The summed E-state index contributed by atoms with van der Waals surface area (Å²) in [5.74, 6) is 1.65. The summed E-state index contributed by atoms with van der Waals surface area (Å²) in [4.78, 5) is 11.8. The molecule has 24 heavy (non-hydrogen) atoms. The first-order chi connectivity index (χ1) is 11.4. The second kappa shape index (κ2) is 12.0. The third kappa shape index (κ3) is 8.58. The Bertz CT molecular complexity index is 349. The summed E-state index contributed by atoms with van der Waals surface area (Å²) in [6, 6.07) is -0.345. The minimum Gasteiger partial charge on any atom is -0.449 e. The van der Waals surface area contributed by atoms with Crippen LogP contribution in [-0.2, 0) is 4.74 Å². The van der Waals surface area contributed by atoms with Gasteiger partial charge in [-0.25, -0.2) is 4.79 Å². The van der Waals surface area contributed by atoms with Gasteiger partial charge in [0.15, 0.2) is 0 Å². The average molecular weight is 361 g/mol. The number of ether oxygens (including phenoxy) is 1. The molecule has 0 aromatic carbocycles. The van der Waals surface area contributed by atoms with Crippen molar-refractivity contribution in [2.45, 2.75) is 77.0 Å². The molecule has 0 bridgehead atoms. The highest BCUT2D eigenvalue weighted by Crippen LogP contribution is 2.28. The van der Waals surface area contributed by atoms with Gasteiger partial charge in [-0.3, -0.25) is 0 Å². The number of nitrogens with one attached hydrogen (secondary N) is 1. The number of amides is 1. The number of thioether (sulfide) groups is 1. The number of hydrogen-bond acceptors (Lipinski definition) is 5. The van der Waals surface area contributed by atoms with Crippen LogP contribution in [0.1, 0.15) is 58.8 Å². The monoisotopic (exact) mass is 360 g/mol. The highest BCUT2D eigenvalue weighted by atomic mass is 32.2. The van der Waals surface area contributed by atoms with Crippen molar-refractivity contribution >= 4 is 17.9 Å². The molecular formula is C18H36N2O3S. The van der Waals surface area contributed by atoms with Crippen molar-refractivity contribution in [3.63, 3.8) is 0 Å². The van der Waals surface area contributed by atoms with Gasteiger partial charge in [-0.2, -0.15) is 11.8 Å². The molecule has 1 fully saturated rings. The second-order valence-corrected chi connectivity index (χ2v) is 8.32. The number of rotatable bonds is 10. The third-order valence-corrected chi connectivity index (χ3v) is 5.52. The van der Waals surface area contributed by atoms with Gasteiger partial charge < -0.3 is 20.9 Å². The fraction of sp³-hybridized carbons (Fsp3) is 0.944. The van der Waals surface area contributed by atoms with Crippen LogP contribution < -0.4 is 11.1 Å². The maximum Gasteiger partial charge on any atom is 0.407 e. The first-order valence-electron chi connectivity index (χ1n) is 9.29. The van der Waals surface area contributed by atoms with Crippen LogP contribution in [0.15, 0.2) is 0 Å². The molecule has 0 saturated heterocycles. The number of aliphatic hydroxyl groups is 1. The van der Waals surface area contributed by atoms with E-state index in [1.165, 1.54) is 32.1 Å². The van der Waals surface area contributed by atoms with Crippen LogP contribution in [-0.4, -0.2) is 48.0 Å². The second-order valence-electron chi connectivity index (χ2n) is 7.33. The van der Waals surface area contributed by atoms with Gasteiger partial charge in [0.2, 0.25) is 0 Å². The maximum absolute atomic E-state index is 11.8. The van der Waals surface area contributed by atoms with Crippen LogP contribution in [0.4, 0.5) is 4.79 Å². The molecule has 0 heterocycles. The Balaban J connectivity index is 2.40. The van der Waals surface area contributed by atoms with E-state index in [0.717, 1.165) is 12.2 Å². The Hall–Kier alpha value is -0.460. The lowest BCUT2D eigenvalue weighted by Gasteiger charge is -2.30. The lowest BCUT2D eigenvalue weighted by atomic mass is 9.83. The van der Waals surface area contributed by atoms with E-state index >= 15 is 0 Å². The van der Waals surface area contributed by atoms with Crippen molar-refractivity contribution < 1.29 is 14.6 Å². The van der Waals surface area contributed by atoms with Crippen molar-refractivity contribution in [2.75, 3.05) is 18.6 Å². The Morgan fingerprint density at radius 3 is 2.58 bits per heavy atom. The molecular weight excluding hydrogens is 324 g/mol. The zero-order chi connectivity index (χ0) is 17.9. The van der Waals surface area contributed by atoms with E-state index in [-0.39, 0.29) is 18.0 Å². The number of nitrogens with two attached hydrogens (primary N) is 1. The summed E-state index contributed by atoms with van der Waals surface area (Å²) < 4.78 is 5.14. The summed E-state index contributed by atoms with van der Waals surface area (Å²) in [5.41, 5.74) is 6.23. The zero-order valence-electron chi connectivity index (χ0n) is 15.5. The van der Waals surface area contributed by atoms with Crippen LogP contribution in [0.5, 0.6) is 0 Å². The molecule has 0 aromatic heterocycles.